The van der Waals surface area contributed by atoms with Gasteiger partial charge in [0.05, 0.1) is 0 Å². The summed E-state index contributed by atoms with van der Waals surface area (Å²) in [5.74, 6) is 0.878. The van der Waals surface area contributed by atoms with Gasteiger partial charge in [-0.15, -0.1) is 0 Å². The van der Waals surface area contributed by atoms with Gasteiger partial charge in [-0.1, -0.05) is 39.0 Å². The number of carbonyl (C=O) groups excluding carboxylic acids is 1. The van der Waals surface area contributed by atoms with Crippen molar-refractivity contribution in [3.8, 4) is 0 Å². The topological polar surface area (TPSA) is 32.3 Å². The molecule has 2 amide bonds. The van der Waals surface area contributed by atoms with Crippen LogP contribution in [0.4, 0.5) is 4.79 Å². The molecule has 1 heterocycles. The number of hydrogen-bond acceptors (Lipinski definition) is 1. The molecule has 1 aliphatic heterocycles. The predicted molar refractivity (Wildman–Crippen MR) is 74.6 cm³/mol. The SMILES string of the molecule is CCCNC(=O)N1CCC[C@H]1CC1CCCCC1. The zero-order chi connectivity index (χ0) is 12.8. The lowest BCUT2D eigenvalue weighted by Crippen LogP contribution is -2.43. The quantitative estimate of drug-likeness (QED) is 0.815. The largest absolute Gasteiger partial charge is 0.338 e. The lowest BCUT2D eigenvalue weighted by atomic mass is 9.84. The average Bonchev–Trinajstić information content (AvgIpc) is 2.85. The summed E-state index contributed by atoms with van der Waals surface area (Å²) < 4.78 is 0. The van der Waals surface area contributed by atoms with E-state index in [1.165, 1.54) is 51.4 Å². The minimum absolute atomic E-state index is 0.176. The molecule has 3 nitrogen and oxygen atoms in total. The average molecular weight is 252 g/mol. The van der Waals surface area contributed by atoms with Crippen LogP contribution in [0.5, 0.6) is 0 Å². The molecule has 2 fully saturated rings. The molecule has 1 saturated carbocycles. The second-order valence-corrected chi connectivity index (χ2v) is 5.96. The number of urea groups is 1. The molecular formula is C15H28N2O. The Kier molecular flexibility index (Phi) is 5.33. The molecule has 0 radical (unpaired) electrons. The van der Waals surface area contributed by atoms with E-state index in [-0.39, 0.29) is 6.03 Å². The second kappa shape index (κ2) is 7.01. The highest BCUT2D eigenvalue weighted by Crippen LogP contribution is 2.31. The zero-order valence-electron chi connectivity index (χ0n) is 11.8. The van der Waals surface area contributed by atoms with Crippen molar-refractivity contribution < 1.29 is 4.79 Å². The molecule has 3 heteroatoms. The van der Waals surface area contributed by atoms with Crippen LogP contribution in [0, 0.1) is 5.92 Å². The molecule has 0 aromatic heterocycles. The van der Waals surface area contributed by atoms with Crippen LogP contribution in [0.25, 0.3) is 0 Å². The van der Waals surface area contributed by atoms with Gasteiger partial charge in [0.25, 0.3) is 0 Å². The standard InChI is InChI=1S/C15H28N2O/c1-2-10-16-15(18)17-11-6-9-14(17)12-13-7-4-3-5-8-13/h13-14H,2-12H2,1H3,(H,16,18)/t14-/m0/s1. The predicted octanol–water partition coefficient (Wildman–Crippen LogP) is 3.54. The molecule has 0 unspecified atom stereocenters. The van der Waals surface area contributed by atoms with Crippen LogP contribution in [0.3, 0.4) is 0 Å². The molecule has 0 spiro atoms. The highest BCUT2D eigenvalue weighted by Gasteiger charge is 2.30. The molecule has 0 aromatic rings. The van der Waals surface area contributed by atoms with Crippen molar-refractivity contribution in [1.82, 2.24) is 10.2 Å². The molecule has 2 rings (SSSR count). The number of amides is 2. The zero-order valence-corrected chi connectivity index (χ0v) is 11.8. The van der Waals surface area contributed by atoms with E-state index < -0.39 is 0 Å². The van der Waals surface area contributed by atoms with E-state index in [9.17, 15) is 4.79 Å². The van der Waals surface area contributed by atoms with Crippen molar-refractivity contribution in [1.29, 1.82) is 0 Å². The van der Waals surface area contributed by atoms with E-state index in [1.54, 1.807) is 0 Å². The van der Waals surface area contributed by atoms with Crippen LogP contribution in [0.15, 0.2) is 0 Å². The Balaban J connectivity index is 1.80. The van der Waals surface area contributed by atoms with Gasteiger partial charge in [-0.05, 0) is 31.6 Å². The van der Waals surface area contributed by atoms with Crippen molar-refractivity contribution in [3.05, 3.63) is 0 Å². The Bertz CT molecular complexity index is 261. The van der Waals surface area contributed by atoms with Gasteiger partial charge in [0.2, 0.25) is 0 Å². The fraction of sp³-hybridized carbons (Fsp3) is 0.933. The Morgan fingerprint density at radius 2 is 1.94 bits per heavy atom. The molecule has 104 valence electrons. The van der Waals surface area contributed by atoms with Crippen molar-refractivity contribution in [2.75, 3.05) is 13.1 Å². The summed E-state index contributed by atoms with van der Waals surface area (Å²) in [4.78, 5) is 14.2. The van der Waals surface area contributed by atoms with E-state index in [2.05, 4.69) is 17.1 Å². The first kappa shape index (κ1) is 13.7. The lowest BCUT2D eigenvalue weighted by Gasteiger charge is -2.30. The molecule has 0 aromatic carbocycles. The summed E-state index contributed by atoms with van der Waals surface area (Å²) in [7, 11) is 0. The molecule has 18 heavy (non-hydrogen) atoms. The van der Waals surface area contributed by atoms with Crippen molar-refractivity contribution >= 4 is 6.03 Å². The maximum absolute atomic E-state index is 12.1. The first-order valence-corrected chi connectivity index (χ1v) is 7.85. The minimum atomic E-state index is 0.176. The maximum Gasteiger partial charge on any atom is 0.317 e. The van der Waals surface area contributed by atoms with Crippen molar-refractivity contribution in [2.24, 2.45) is 5.92 Å². The van der Waals surface area contributed by atoms with Gasteiger partial charge in [0.15, 0.2) is 0 Å². The third-order valence-electron chi connectivity index (χ3n) is 4.49. The first-order valence-electron chi connectivity index (χ1n) is 7.85. The van der Waals surface area contributed by atoms with Gasteiger partial charge in [0, 0.05) is 19.1 Å². The van der Waals surface area contributed by atoms with Gasteiger partial charge < -0.3 is 10.2 Å². The van der Waals surface area contributed by atoms with Crippen LogP contribution >= 0.6 is 0 Å². The van der Waals surface area contributed by atoms with Gasteiger partial charge >= 0.3 is 6.03 Å². The summed E-state index contributed by atoms with van der Waals surface area (Å²) in [6, 6.07) is 0.695. The number of likely N-dealkylation sites (tertiary alicyclic amines) is 1. The Morgan fingerprint density at radius 1 is 1.17 bits per heavy atom. The van der Waals surface area contributed by atoms with Crippen LogP contribution in [-0.4, -0.2) is 30.1 Å². The van der Waals surface area contributed by atoms with Gasteiger partial charge in [-0.3, -0.25) is 0 Å². The number of rotatable bonds is 4. The maximum atomic E-state index is 12.1. The fourth-order valence-electron chi connectivity index (χ4n) is 3.49. The first-order chi connectivity index (χ1) is 8.81. The second-order valence-electron chi connectivity index (χ2n) is 5.96. The normalized spacial score (nSPS) is 25.4. The molecule has 1 aliphatic carbocycles. The lowest BCUT2D eigenvalue weighted by molar-refractivity contribution is 0.178. The summed E-state index contributed by atoms with van der Waals surface area (Å²) in [5.41, 5.74) is 0. The monoisotopic (exact) mass is 252 g/mol. The number of nitrogens with zero attached hydrogens (tertiary/aromatic N) is 1. The van der Waals surface area contributed by atoms with Gasteiger partial charge in [-0.2, -0.15) is 0 Å². The molecular weight excluding hydrogens is 224 g/mol. The Morgan fingerprint density at radius 3 is 2.67 bits per heavy atom. The van der Waals surface area contributed by atoms with Crippen molar-refractivity contribution in [3.63, 3.8) is 0 Å². The number of hydrogen-bond donors (Lipinski definition) is 1. The fourth-order valence-corrected chi connectivity index (χ4v) is 3.49. The third-order valence-corrected chi connectivity index (χ3v) is 4.49. The smallest absolute Gasteiger partial charge is 0.317 e. The van der Waals surface area contributed by atoms with Crippen LogP contribution in [0.1, 0.15) is 64.7 Å². The molecule has 0 bridgehead atoms. The molecule has 1 saturated heterocycles. The van der Waals surface area contributed by atoms with E-state index in [1.807, 2.05) is 0 Å². The highest BCUT2D eigenvalue weighted by molar-refractivity contribution is 5.74. The van der Waals surface area contributed by atoms with Crippen molar-refractivity contribution in [2.45, 2.75) is 70.8 Å². The Labute approximate surface area is 111 Å². The van der Waals surface area contributed by atoms with Crippen LogP contribution in [0.2, 0.25) is 0 Å². The molecule has 1 atom stereocenters. The van der Waals surface area contributed by atoms with Crippen LogP contribution < -0.4 is 5.32 Å². The van der Waals surface area contributed by atoms with Crippen LogP contribution in [-0.2, 0) is 0 Å². The summed E-state index contributed by atoms with van der Waals surface area (Å²) in [6.07, 6.45) is 11.7. The number of nitrogens with one attached hydrogen (secondary N) is 1. The van der Waals surface area contributed by atoms with Gasteiger partial charge in [0.1, 0.15) is 0 Å². The van der Waals surface area contributed by atoms with E-state index >= 15 is 0 Å². The summed E-state index contributed by atoms with van der Waals surface area (Å²) >= 11 is 0. The summed E-state index contributed by atoms with van der Waals surface area (Å²) in [6.45, 7) is 3.88. The van der Waals surface area contributed by atoms with Gasteiger partial charge in [-0.25, -0.2) is 4.79 Å². The minimum Gasteiger partial charge on any atom is -0.338 e. The molecule has 2 aliphatic rings. The van der Waals surface area contributed by atoms with E-state index in [0.29, 0.717) is 6.04 Å². The summed E-state index contributed by atoms with van der Waals surface area (Å²) in [5, 5.41) is 3.03. The molecule has 1 N–H and O–H groups in total. The third kappa shape index (κ3) is 3.63. The van der Waals surface area contributed by atoms with E-state index in [4.69, 9.17) is 0 Å². The van der Waals surface area contributed by atoms with E-state index in [0.717, 1.165) is 25.4 Å². The Hall–Kier alpha value is -0.730. The highest BCUT2D eigenvalue weighted by atomic mass is 16.2. The number of carbonyl (C=O) groups is 1.